The van der Waals surface area contributed by atoms with E-state index in [1.807, 2.05) is 30.3 Å². The van der Waals surface area contributed by atoms with Crippen LogP contribution < -0.4 is 14.8 Å². The summed E-state index contributed by atoms with van der Waals surface area (Å²) in [5.74, 6) is 1.80. The third kappa shape index (κ3) is 2.17. The molecule has 2 heterocycles. The molecule has 1 N–H and O–H groups in total. The summed E-state index contributed by atoms with van der Waals surface area (Å²) in [6.45, 7) is 0. The number of anilines is 1. The summed E-state index contributed by atoms with van der Waals surface area (Å²) in [6, 6.07) is 9.46. The fourth-order valence-corrected chi connectivity index (χ4v) is 3.18. The Hall–Kier alpha value is -3.09. The van der Waals surface area contributed by atoms with Crippen molar-refractivity contribution in [2.24, 2.45) is 0 Å². The first-order valence-electron chi connectivity index (χ1n) is 7.55. The van der Waals surface area contributed by atoms with Crippen LogP contribution in [0, 0.1) is 0 Å². The smallest absolute Gasteiger partial charge is 0.229 e. The zero-order valence-electron chi connectivity index (χ0n) is 13.3. The molecule has 7 heteroatoms. The van der Waals surface area contributed by atoms with Crippen LogP contribution in [-0.4, -0.2) is 34.9 Å². The normalized spacial score (nSPS) is 16.6. The number of ether oxygens (including phenoxy) is 2. The molecule has 2 aromatic carbocycles. The Balaban J connectivity index is 2.00. The summed E-state index contributed by atoms with van der Waals surface area (Å²) in [7, 11) is 3.25. The van der Waals surface area contributed by atoms with Gasteiger partial charge in [-0.25, -0.2) is 4.68 Å². The van der Waals surface area contributed by atoms with Crippen molar-refractivity contribution >= 4 is 22.6 Å². The van der Waals surface area contributed by atoms with E-state index in [0.717, 1.165) is 22.1 Å². The Kier molecular flexibility index (Phi) is 3.34. The van der Waals surface area contributed by atoms with Gasteiger partial charge in [-0.15, -0.1) is 0 Å². The maximum Gasteiger partial charge on any atom is 0.229 e. The highest BCUT2D eigenvalue weighted by molar-refractivity contribution is 5.94. The molecule has 4 rings (SSSR count). The maximum absolute atomic E-state index is 12.1. The van der Waals surface area contributed by atoms with Crippen molar-refractivity contribution in [1.82, 2.24) is 14.8 Å². The molecule has 24 heavy (non-hydrogen) atoms. The van der Waals surface area contributed by atoms with Gasteiger partial charge in [-0.1, -0.05) is 12.1 Å². The zero-order valence-corrected chi connectivity index (χ0v) is 13.3. The standard InChI is InChI=1S/C17H16N4O3/c1-23-11-5-3-10-4-6-14(24-2)16(12(10)7-11)13-8-15(22)20-17-18-9-19-21(13)17/h3-7,9,13H,8H2,1-2H3,(H,18,19,20,22)/t13-/m1/s1. The number of nitrogens with one attached hydrogen (secondary N) is 1. The van der Waals surface area contributed by atoms with Crippen molar-refractivity contribution < 1.29 is 14.3 Å². The maximum atomic E-state index is 12.1. The highest BCUT2D eigenvalue weighted by Crippen LogP contribution is 2.40. The number of benzene rings is 2. The van der Waals surface area contributed by atoms with E-state index in [-0.39, 0.29) is 18.4 Å². The van der Waals surface area contributed by atoms with Crippen molar-refractivity contribution in [3.8, 4) is 11.5 Å². The van der Waals surface area contributed by atoms with E-state index in [9.17, 15) is 4.79 Å². The Morgan fingerprint density at radius 1 is 1.21 bits per heavy atom. The molecule has 1 aromatic heterocycles. The topological polar surface area (TPSA) is 78.3 Å². The summed E-state index contributed by atoms with van der Waals surface area (Å²) in [6.07, 6.45) is 1.70. The van der Waals surface area contributed by atoms with Gasteiger partial charge in [-0.05, 0) is 29.0 Å². The molecule has 0 radical (unpaired) electrons. The Labute approximate surface area is 138 Å². The molecule has 1 atom stereocenters. The van der Waals surface area contributed by atoms with Crippen molar-refractivity contribution in [2.75, 3.05) is 19.5 Å². The van der Waals surface area contributed by atoms with Gasteiger partial charge in [0.05, 0.1) is 26.7 Å². The SMILES string of the molecule is COc1ccc2ccc(OC)c([C@H]3CC(=O)Nc4ncnn43)c2c1. The van der Waals surface area contributed by atoms with Gasteiger partial charge in [0.15, 0.2) is 0 Å². The minimum atomic E-state index is -0.290. The van der Waals surface area contributed by atoms with Gasteiger partial charge >= 0.3 is 0 Å². The van der Waals surface area contributed by atoms with Gasteiger partial charge < -0.3 is 9.47 Å². The number of carbonyl (C=O) groups is 1. The third-order valence-corrected chi connectivity index (χ3v) is 4.28. The largest absolute Gasteiger partial charge is 0.497 e. The van der Waals surface area contributed by atoms with Gasteiger partial charge in [0.25, 0.3) is 0 Å². The Bertz CT molecular complexity index is 929. The number of aromatic nitrogens is 3. The van der Waals surface area contributed by atoms with Crippen LogP contribution in [0.15, 0.2) is 36.7 Å². The van der Waals surface area contributed by atoms with Crippen LogP contribution in [0.1, 0.15) is 18.0 Å². The number of fused-ring (bicyclic) bond motifs is 2. The number of hydrogen-bond donors (Lipinski definition) is 1. The first-order chi connectivity index (χ1) is 11.7. The van der Waals surface area contributed by atoms with Gasteiger partial charge in [-0.3, -0.25) is 10.1 Å². The van der Waals surface area contributed by atoms with E-state index in [1.54, 1.807) is 18.9 Å². The number of nitrogens with zero attached hydrogens (tertiary/aromatic N) is 3. The molecule has 0 spiro atoms. The van der Waals surface area contributed by atoms with E-state index in [1.165, 1.54) is 6.33 Å². The monoisotopic (exact) mass is 324 g/mol. The second-order valence-corrected chi connectivity index (χ2v) is 5.56. The molecule has 7 nitrogen and oxygen atoms in total. The second-order valence-electron chi connectivity index (χ2n) is 5.56. The lowest BCUT2D eigenvalue weighted by Crippen LogP contribution is -2.29. The van der Waals surface area contributed by atoms with Crippen molar-refractivity contribution in [1.29, 1.82) is 0 Å². The zero-order chi connectivity index (χ0) is 16.7. The van der Waals surface area contributed by atoms with Crippen LogP contribution in [0.4, 0.5) is 5.95 Å². The van der Waals surface area contributed by atoms with Crippen LogP contribution in [0.3, 0.4) is 0 Å². The highest BCUT2D eigenvalue weighted by atomic mass is 16.5. The fourth-order valence-electron chi connectivity index (χ4n) is 3.18. The fraction of sp³-hybridized carbons (Fsp3) is 0.235. The number of amides is 1. The second kappa shape index (κ2) is 5.52. The van der Waals surface area contributed by atoms with E-state index in [2.05, 4.69) is 15.4 Å². The minimum absolute atomic E-state index is 0.0950. The summed E-state index contributed by atoms with van der Waals surface area (Å²) in [5.41, 5.74) is 0.899. The first-order valence-corrected chi connectivity index (χ1v) is 7.55. The molecule has 0 saturated heterocycles. The molecule has 122 valence electrons. The number of rotatable bonds is 3. The third-order valence-electron chi connectivity index (χ3n) is 4.28. The minimum Gasteiger partial charge on any atom is -0.497 e. The van der Waals surface area contributed by atoms with E-state index >= 15 is 0 Å². The van der Waals surface area contributed by atoms with E-state index < -0.39 is 0 Å². The summed E-state index contributed by atoms with van der Waals surface area (Å²) < 4.78 is 12.7. The molecule has 1 amide bonds. The van der Waals surface area contributed by atoms with Crippen LogP contribution in [0.2, 0.25) is 0 Å². The van der Waals surface area contributed by atoms with Crippen LogP contribution in [0.25, 0.3) is 10.8 Å². The molecule has 0 fully saturated rings. The van der Waals surface area contributed by atoms with Crippen LogP contribution in [0.5, 0.6) is 11.5 Å². The summed E-state index contributed by atoms with van der Waals surface area (Å²) in [4.78, 5) is 16.2. The van der Waals surface area contributed by atoms with Crippen molar-refractivity contribution in [2.45, 2.75) is 12.5 Å². The number of methoxy groups -OCH3 is 2. The lowest BCUT2D eigenvalue weighted by molar-refractivity contribution is -0.117. The first kappa shape index (κ1) is 14.5. The number of hydrogen-bond acceptors (Lipinski definition) is 5. The van der Waals surface area contributed by atoms with Gasteiger partial charge in [0.2, 0.25) is 11.9 Å². The Morgan fingerprint density at radius 2 is 2.04 bits per heavy atom. The average Bonchev–Trinajstić information content (AvgIpc) is 3.07. The van der Waals surface area contributed by atoms with Crippen molar-refractivity contribution in [3.05, 3.63) is 42.2 Å². The summed E-state index contributed by atoms with van der Waals surface area (Å²) >= 11 is 0. The predicted molar refractivity (Wildman–Crippen MR) is 88.5 cm³/mol. The van der Waals surface area contributed by atoms with Gasteiger partial charge in [0, 0.05) is 5.56 Å². The molecule has 0 unspecified atom stereocenters. The molecule has 0 aliphatic carbocycles. The molecule has 3 aromatic rings. The predicted octanol–water partition coefficient (Wildman–Crippen LogP) is 2.38. The average molecular weight is 324 g/mol. The van der Waals surface area contributed by atoms with Gasteiger partial charge in [-0.2, -0.15) is 10.1 Å². The molecule has 1 aliphatic rings. The van der Waals surface area contributed by atoms with Gasteiger partial charge in [0.1, 0.15) is 17.8 Å². The molecule has 0 bridgehead atoms. The lowest BCUT2D eigenvalue weighted by atomic mass is 9.94. The number of carbonyl (C=O) groups excluding carboxylic acids is 1. The van der Waals surface area contributed by atoms with E-state index in [0.29, 0.717) is 11.7 Å². The quantitative estimate of drug-likeness (QED) is 0.800. The summed E-state index contributed by atoms with van der Waals surface area (Å²) in [5, 5.41) is 9.02. The van der Waals surface area contributed by atoms with E-state index in [4.69, 9.17) is 9.47 Å². The van der Waals surface area contributed by atoms with Crippen LogP contribution in [-0.2, 0) is 4.79 Å². The highest BCUT2D eigenvalue weighted by Gasteiger charge is 2.31. The van der Waals surface area contributed by atoms with Crippen molar-refractivity contribution in [3.63, 3.8) is 0 Å². The molecular formula is C17H16N4O3. The molecule has 1 aliphatic heterocycles. The Morgan fingerprint density at radius 3 is 2.83 bits per heavy atom. The lowest BCUT2D eigenvalue weighted by Gasteiger charge is -2.26. The molecule has 0 saturated carbocycles. The van der Waals surface area contributed by atoms with Crippen LogP contribution >= 0.6 is 0 Å². The molecular weight excluding hydrogens is 308 g/mol.